The molecular weight excluding hydrogens is 192 g/mol. The second-order valence-corrected chi connectivity index (χ2v) is 7.31. The van der Waals surface area contributed by atoms with E-state index in [0.717, 1.165) is 29.6 Å². The van der Waals surface area contributed by atoms with Crippen LogP contribution < -0.4 is 0 Å². The zero-order valence-corrected chi connectivity index (χ0v) is 11.9. The Labute approximate surface area is 102 Å². The van der Waals surface area contributed by atoms with Crippen molar-refractivity contribution in [3.05, 3.63) is 0 Å². The third-order valence-corrected chi connectivity index (χ3v) is 5.99. The molecule has 2 rings (SSSR count). The Morgan fingerprint density at radius 2 is 1.88 bits per heavy atom. The van der Waals surface area contributed by atoms with Crippen molar-refractivity contribution in [3.63, 3.8) is 0 Å². The van der Waals surface area contributed by atoms with Gasteiger partial charge < -0.3 is 0 Å². The molecule has 0 N–H and O–H groups in total. The molecule has 0 nitrogen and oxygen atoms in total. The van der Waals surface area contributed by atoms with Crippen LogP contribution in [0.5, 0.6) is 0 Å². The third-order valence-electron chi connectivity index (χ3n) is 5.99. The van der Waals surface area contributed by atoms with Crippen LogP contribution in [0.2, 0.25) is 0 Å². The van der Waals surface area contributed by atoms with Crippen LogP contribution in [0.3, 0.4) is 0 Å². The van der Waals surface area contributed by atoms with Gasteiger partial charge in [-0.05, 0) is 47.8 Å². The fourth-order valence-electron chi connectivity index (χ4n) is 5.06. The zero-order valence-electron chi connectivity index (χ0n) is 11.9. The van der Waals surface area contributed by atoms with Crippen LogP contribution in [0.15, 0.2) is 0 Å². The molecule has 2 aliphatic rings. The Hall–Kier alpha value is 0. The van der Waals surface area contributed by atoms with Crippen LogP contribution >= 0.6 is 0 Å². The maximum atomic E-state index is 2.54. The molecule has 0 aromatic heterocycles. The summed E-state index contributed by atoms with van der Waals surface area (Å²) >= 11 is 0. The molecular formula is C16H30. The lowest BCUT2D eigenvalue weighted by Crippen LogP contribution is -2.47. The summed E-state index contributed by atoms with van der Waals surface area (Å²) in [6.45, 7) is 12.5. The van der Waals surface area contributed by atoms with Gasteiger partial charge in [0.05, 0.1) is 0 Å². The third kappa shape index (κ3) is 1.93. The first-order valence-electron chi connectivity index (χ1n) is 7.47. The van der Waals surface area contributed by atoms with Gasteiger partial charge in [0.15, 0.2) is 0 Å². The summed E-state index contributed by atoms with van der Waals surface area (Å²) in [5.41, 5.74) is 0.609. The summed E-state index contributed by atoms with van der Waals surface area (Å²) in [5.74, 6) is 4.95. The van der Waals surface area contributed by atoms with Gasteiger partial charge in [0.25, 0.3) is 0 Å². The number of rotatable bonds is 1. The highest BCUT2D eigenvalue weighted by atomic mass is 14.5. The molecule has 2 aliphatic carbocycles. The van der Waals surface area contributed by atoms with Crippen LogP contribution in [-0.2, 0) is 0 Å². The zero-order chi connectivity index (χ0) is 11.9. The molecule has 2 fully saturated rings. The van der Waals surface area contributed by atoms with Crippen molar-refractivity contribution in [2.75, 3.05) is 0 Å². The van der Waals surface area contributed by atoms with Gasteiger partial charge in [-0.2, -0.15) is 0 Å². The van der Waals surface area contributed by atoms with Gasteiger partial charge in [-0.25, -0.2) is 0 Å². The van der Waals surface area contributed by atoms with E-state index in [1.165, 1.54) is 32.1 Å². The van der Waals surface area contributed by atoms with Gasteiger partial charge in [0.2, 0.25) is 0 Å². The number of hydrogen-bond acceptors (Lipinski definition) is 0. The van der Waals surface area contributed by atoms with Crippen molar-refractivity contribution in [2.24, 2.45) is 35.0 Å². The molecule has 0 aromatic rings. The minimum atomic E-state index is 0.609. The second kappa shape index (κ2) is 4.35. The summed E-state index contributed by atoms with van der Waals surface area (Å²) < 4.78 is 0. The predicted octanol–water partition coefficient (Wildman–Crippen LogP) is 5.13. The van der Waals surface area contributed by atoms with Crippen molar-refractivity contribution in [1.29, 1.82) is 0 Å². The molecule has 0 heterocycles. The molecule has 5 atom stereocenters. The standard InChI is InChI=1S/C16H30/c1-6-14-12(3)11(2)10-13-8-7-9-16(4,5)15(13)14/h11-15H,6-10H2,1-5H3. The summed E-state index contributed by atoms with van der Waals surface area (Å²) in [6.07, 6.45) is 7.36. The van der Waals surface area contributed by atoms with E-state index < -0.39 is 0 Å². The minimum absolute atomic E-state index is 0.609. The quantitative estimate of drug-likeness (QED) is 0.577. The Morgan fingerprint density at radius 3 is 2.50 bits per heavy atom. The van der Waals surface area contributed by atoms with Crippen molar-refractivity contribution in [2.45, 2.75) is 66.7 Å². The summed E-state index contributed by atoms with van der Waals surface area (Å²) in [7, 11) is 0. The van der Waals surface area contributed by atoms with E-state index >= 15 is 0 Å². The van der Waals surface area contributed by atoms with Crippen molar-refractivity contribution in [1.82, 2.24) is 0 Å². The van der Waals surface area contributed by atoms with Crippen LogP contribution in [0.1, 0.15) is 66.7 Å². The van der Waals surface area contributed by atoms with E-state index in [0.29, 0.717) is 5.41 Å². The molecule has 0 aromatic carbocycles. The lowest BCUT2D eigenvalue weighted by atomic mass is 9.50. The van der Waals surface area contributed by atoms with Crippen LogP contribution in [-0.4, -0.2) is 0 Å². The Kier molecular flexibility index (Phi) is 3.39. The van der Waals surface area contributed by atoms with E-state index in [-0.39, 0.29) is 0 Å². The van der Waals surface area contributed by atoms with E-state index in [9.17, 15) is 0 Å². The van der Waals surface area contributed by atoms with Gasteiger partial charge >= 0.3 is 0 Å². The van der Waals surface area contributed by atoms with Gasteiger partial charge in [0.1, 0.15) is 0 Å². The molecule has 0 amide bonds. The highest BCUT2D eigenvalue weighted by molar-refractivity contribution is 4.97. The molecule has 94 valence electrons. The highest BCUT2D eigenvalue weighted by Crippen LogP contribution is 2.56. The van der Waals surface area contributed by atoms with E-state index in [1.54, 1.807) is 0 Å². The van der Waals surface area contributed by atoms with Gasteiger partial charge in [-0.1, -0.05) is 53.9 Å². The Morgan fingerprint density at radius 1 is 1.19 bits per heavy atom. The summed E-state index contributed by atoms with van der Waals surface area (Å²) in [4.78, 5) is 0. The maximum absolute atomic E-state index is 2.54. The second-order valence-electron chi connectivity index (χ2n) is 7.31. The predicted molar refractivity (Wildman–Crippen MR) is 71.3 cm³/mol. The van der Waals surface area contributed by atoms with Crippen LogP contribution in [0.4, 0.5) is 0 Å². The molecule has 0 bridgehead atoms. The van der Waals surface area contributed by atoms with Gasteiger partial charge in [-0.3, -0.25) is 0 Å². The maximum Gasteiger partial charge on any atom is -0.0303 e. The normalized spacial score (nSPS) is 47.4. The van der Waals surface area contributed by atoms with Crippen molar-refractivity contribution >= 4 is 0 Å². The largest absolute Gasteiger partial charge is 0.0651 e. The molecule has 0 heteroatoms. The van der Waals surface area contributed by atoms with E-state index in [1.807, 2.05) is 0 Å². The van der Waals surface area contributed by atoms with Crippen LogP contribution in [0.25, 0.3) is 0 Å². The lowest BCUT2D eigenvalue weighted by Gasteiger charge is -2.55. The summed E-state index contributed by atoms with van der Waals surface area (Å²) in [5, 5.41) is 0. The smallest absolute Gasteiger partial charge is 0.0303 e. The molecule has 16 heavy (non-hydrogen) atoms. The molecule has 0 spiro atoms. The van der Waals surface area contributed by atoms with Crippen molar-refractivity contribution in [3.8, 4) is 0 Å². The highest BCUT2D eigenvalue weighted by Gasteiger charge is 2.48. The fourth-order valence-corrected chi connectivity index (χ4v) is 5.06. The Bertz CT molecular complexity index is 240. The number of hydrogen-bond donors (Lipinski definition) is 0. The SMILES string of the molecule is CCC1C(C)C(C)CC2CCCC(C)(C)C21. The van der Waals surface area contributed by atoms with Gasteiger partial charge in [-0.15, -0.1) is 0 Å². The molecule has 2 saturated carbocycles. The fraction of sp³-hybridized carbons (Fsp3) is 1.00. The molecule has 0 aliphatic heterocycles. The summed E-state index contributed by atoms with van der Waals surface area (Å²) in [6, 6.07) is 0. The van der Waals surface area contributed by atoms with Crippen molar-refractivity contribution < 1.29 is 0 Å². The van der Waals surface area contributed by atoms with Crippen LogP contribution in [0, 0.1) is 35.0 Å². The molecule has 0 radical (unpaired) electrons. The van der Waals surface area contributed by atoms with E-state index in [4.69, 9.17) is 0 Å². The minimum Gasteiger partial charge on any atom is -0.0651 e. The first-order chi connectivity index (χ1) is 7.47. The molecule has 0 saturated heterocycles. The average molecular weight is 222 g/mol. The van der Waals surface area contributed by atoms with E-state index in [2.05, 4.69) is 34.6 Å². The first-order valence-corrected chi connectivity index (χ1v) is 7.47. The lowest BCUT2D eigenvalue weighted by molar-refractivity contribution is -0.0545. The topological polar surface area (TPSA) is 0 Å². The average Bonchev–Trinajstić information content (AvgIpc) is 2.20. The monoisotopic (exact) mass is 222 g/mol. The molecule has 5 unspecified atom stereocenters. The Balaban J connectivity index is 2.25. The van der Waals surface area contributed by atoms with Gasteiger partial charge in [0, 0.05) is 0 Å². The first kappa shape index (κ1) is 12.5. The number of fused-ring (bicyclic) bond motifs is 1.